The summed E-state index contributed by atoms with van der Waals surface area (Å²) < 4.78 is 2.21. The molecule has 1 amide bonds. The molecule has 0 saturated carbocycles. The SMILES string of the molecule is CCCCCCCCC(CCC[n+]1ccccc1)NC(=O)c1ccccc1.[Br-]. The number of nitrogens with zero attached hydrogens (tertiary/aromatic N) is 1. The summed E-state index contributed by atoms with van der Waals surface area (Å²) in [4.78, 5) is 12.5. The molecule has 0 spiro atoms. The maximum atomic E-state index is 12.5. The zero-order valence-electron chi connectivity index (χ0n) is 17.2. The maximum absolute atomic E-state index is 12.5. The van der Waals surface area contributed by atoms with Gasteiger partial charge in [-0.15, -0.1) is 0 Å². The number of carbonyl (C=O) groups excluding carboxylic acids is 1. The summed E-state index contributed by atoms with van der Waals surface area (Å²) in [5, 5.41) is 3.27. The number of amides is 1. The molecule has 0 bridgehead atoms. The summed E-state index contributed by atoms with van der Waals surface area (Å²) in [6.07, 6.45) is 15.1. The van der Waals surface area contributed by atoms with Gasteiger partial charge in [0, 0.05) is 30.2 Å². The number of hydrogen-bond acceptors (Lipinski definition) is 1. The van der Waals surface area contributed by atoms with Crippen LogP contribution in [0.25, 0.3) is 0 Å². The van der Waals surface area contributed by atoms with Crippen molar-refractivity contribution >= 4 is 5.91 Å². The highest BCUT2D eigenvalue weighted by Gasteiger charge is 2.14. The van der Waals surface area contributed by atoms with Crippen LogP contribution in [0.5, 0.6) is 0 Å². The van der Waals surface area contributed by atoms with Crippen LogP contribution in [0.15, 0.2) is 60.9 Å². The summed E-state index contributed by atoms with van der Waals surface area (Å²) in [7, 11) is 0. The molecule has 28 heavy (non-hydrogen) atoms. The number of benzene rings is 1. The van der Waals surface area contributed by atoms with Gasteiger partial charge in [-0.25, -0.2) is 4.57 Å². The minimum absolute atomic E-state index is 0. The van der Waals surface area contributed by atoms with Gasteiger partial charge in [-0.2, -0.15) is 0 Å². The van der Waals surface area contributed by atoms with E-state index in [0.717, 1.165) is 31.4 Å². The molecule has 1 atom stereocenters. The van der Waals surface area contributed by atoms with Crippen LogP contribution in [-0.4, -0.2) is 11.9 Å². The molecule has 1 aromatic heterocycles. The Morgan fingerprint density at radius 1 is 0.857 bits per heavy atom. The second-order valence-electron chi connectivity index (χ2n) is 7.35. The molecule has 0 radical (unpaired) electrons. The van der Waals surface area contributed by atoms with Crippen molar-refractivity contribution < 1.29 is 26.3 Å². The van der Waals surface area contributed by atoms with Crippen molar-refractivity contribution in [2.24, 2.45) is 0 Å². The van der Waals surface area contributed by atoms with Crippen molar-refractivity contribution in [3.63, 3.8) is 0 Å². The Labute approximate surface area is 181 Å². The molecular formula is C24H35BrN2O. The van der Waals surface area contributed by atoms with E-state index in [0.29, 0.717) is 0 Å². The number of halogens is 1. The Morgan fingerprint density at radius 2 is 1.46 bits per heavy atom. The molecule has 1 aromatic carbocycles. The Hall–Kier alpha value is -1.68. The molecule has 4 heteroatoms. The summed E-state index contributed by atoms with van der Waals surface area (Å²) in [6.45, 7) is 3.24. The van der Waals surface area contributed by atoms with Gasteiger partial charge in [-0.3, -0.25) is 4.79 Å². The highest BCUT2D eigenvalue weighted by atomic mass is 79.9. The average Bonchev–Trinajstić information content (AvgIpc) is 2.71. The van der Waals surface area contributed by atoms with Gasteiger partial charge in [0.2, 0.25) is 0 Å². The normalized spacial score (nSPS) is 11.5. The van der Waals surface area contributed by atoms with Crippen LogP contribution >= 0.6 is 0 Å². The lowest BCUT2D eigenvalue weighted by molar-refractivity contribution is -0.697. The van der Waals surface area contributed by atoms with Crippen LogP contribution in [0.4, 0.5) is 0 Å². The van der Waals surface area contributed by atoms with Gasteiger partial charge in [0.25, 0.3) is 5.91 Å². The highest BCUT2D eigenvalue weighted by molar-refractivity contribution is 5.94. The van der Waals surface area contributed by atoms with E-state index in [1.807, 2.05) is 36.4 Å². The number of pyridine rings is 1. The quantitative estimate of drug-likeness (QED) is 0.371. The highest BCUT2D eigenvalue weighted by Crippen LogP contribution is 2.12. The number of carbonyl (C=O) groups is 1. The van der Waals surface area contributed by atoms with E-state index in [1.165, 1.54) is 38.5 Å². The van der Waals surface area contributed by atoms with Crippen LogP contribution in [0.2, 0.25) is 0 Å². The third-order valence-corrected chi connectivity index (χ3v) is 5.02. The lowest BCUT2D eigenvalue weighted by Crippen LogP contribution is -3.00. The van der Waals surface area contributed by atoms with Gasteiger partial charge < -0.3 is 22.3 Å². The molecule has 1 unspecified atom stereocenters. The van der Waals surface area contributed by atoms with E-state index in [4.69, 9.17) is 0 Å². The Morgan fingerprint density at radius 3 is 2.18 bits per heavy atom. The molecule has 1 N–H and O–H groups in total. The Bertz CT molecular complexity index is 634. The summed E-state index contributed by atoms with van der Waals surface area (Å²) in [5.74, 6) is 0.0546. The van der Waals surface area contributed by atoms with Gasteiger partial charge in [-0.05, 0) is 25.0 Å². The largest absolute Gasteiger partial charge is 1.00 e. The van der Waals surface area contributed by atoms with E-state index >= 15 is 0 Å². The van der Waals surface area contributed by atoms with E-state index in [2.05, 4.69) is 41.3 Å². The molecule has 2 aromatic rings. The number of hydrogen-bond donors (Lipinski definition) is 1. The van der Waals surface area contributed by atoms with Crippen molar-refractivity contribution in [3.8, 4) is 0 Å². The third kappa shape index (κ3) is 10.0. The molecule has 0 aliphatic rings. The molecule has 154 valence electrons. The van der Waals surface area contributed by atoms with Gasteiger partial charge in [0.05, 0.1) is 0 Å². The molecule has 0 saturated heterocycles. The molecule has 2 rings (SSSR count). The van der Waals surface area contributed by atoms with E-state index in [-0.39, 0.29) is 28.9 Å². The number of rotatable bonds is 13. The van der Waals surface area contributed by atoms with Crippen LogP contribution < -0.4 is 26.9 Å². The number of unbranched alkanes of at least 4 members (excludes halogenated alkanes) is 5. The maximum Gasteiger partial charge on any atom is 0.251 e. The molecule has 1 heterocycles. The standard InChI is InChI=1S/C24H34N2O.BrH/c1-2-3-4-5-6-11-17-23(18-14-21-26-19-12-8-13-20-26)25-24(27)22-15-9-7-10-16-22;/h7-10,12-13,15-16,19-20,23H,2-6,11,14,17-18,21H2,1H3;1H. The van der Waals surface area contributed by atoms with Crippen molar-refractivity contribution in [1.29, 1.82) is 0 Å². The van der Waals surface area contributed by atoms with E-state index in [9.17, 15) is 4.79 Å². The molecular weight excluding hydrogens is 412 g/mol. The van der Waals surface area contributed by atoms with Crippen LogP contribution in [0, 0.1) is 0 Å². The van der Waals surface area contributed by atoms with Crippen molar-refractivity contribution in [1.82, 2.24) is 5.32 Å². The Kier molecular flexibility index (Phi) is 13.3. The number of aromatic nitrogens is 1. The van der Waals surface area contributed by atoms with Crippen molar-refractivity contribution in [2.75, 3.05) is 0 Å². The molecule has 3 nitrogen and oxygen atoms in total. The molecule has 0 aliphatic carbocycles. The fourth-order valence-corrected chi connectivity index (χ4v) is 3.42. The zero-order chi connectivity index (χ0) is 19.2. The first-order valence-corrected chi connectivity index (χ1v) is 10.6. The van der Waals surface area contributed by atoms with Gasteiger partial charge in [0.15, 0.2) is 12.4 Å². The smallest absolute Gasteiger partial charge is 0.251 e. The molecule has 0 aliphatic heterocycles. The minimum Gasteiger partial charge on any atom is -1.00 e. The van der Waals surface area contributed by atoms with Crippen molar-refractivity contribution in [3.05, 3.63) is 66.5 Å². The fraction of sp³-hybridized carbons (Fsp3) is 0.500. The first kappa shape index (κ1) is 24.4. The number of aryl methyl sites for hydroxylation is 1. The van der Waals surface area contributed by atoms with Gasteiger partial charge >= 0.3 is 0 Å². The summed E-state index contributed by atoms with van der Waals surface area (Å²) in [6, 6.07) is 16.0. The second-order valence-corrected chi connectivity index (χ2v) is 7.35. The number of nitrogens with one attached hydrogen (secondary N) is 1. The average molecular weight is 447 g/mol. The first-order valence-electron chi connectivity index (χ1n) is 10.6. The van der Waals surface area contributed by atoms with E-state index < -0.39 is 0 Å². The minimum atomic E-state index is 0. The van der Waals surface area contributed by atoms with E-state index in [1.54, 1.807) is 0 Å². The monoisotopic (exact) mass is 446 g/mol. The Balaban J connectivity index is 0.00000392. The zero-order valence-corrected chi connectivity index (χ0v) is 18.7. The topological polar surface area (TPSA) is 33.0 Å². The van der Waals surface area contributed by atoms with Gasteiger partial charge in [0.1, 0.15) is 6.54 Å². The van der Waals surface area contributed by atoms with Gasteiger partial charge in [-0.1, -0.05) is 69.7 Å². The van der Waals surface area contributed by atoms with Crippen LogP contribution in [-0.2, 0) is 6.54 Å². The lowest BCUT2D eigenvalue weighted by Gasteiger charge is -2.18. The van der Waals surface area contributed by atoms with Crippen molar-refractivity contribution in [2.45, 2.75) is 77.3 Å². The first-order chi connectivity index (χ1) is 13.3. The summed E-state index contributed by atoms with van der Waals surface area (Å²) >= 11 is 0. The van der Waals surface area contributed by atoms with Crippen LogP contribution in [0.1, 0.15) is 75.1 Å². The predicted octanol–water partition coefficient (Wildman–Crippen LogP) is 2.31. The predicted molar refractivity (Wildman–Crippen MR) is 112 cm³/mol. The fourth-order valence-electron chi connectivity index (χ4n) is 3.42. The molecule has 0 fully saturated rings. The lowest BCUT2D eigenvalue weighted by atomic mass is 10.0. The summed E-state index contributed by atoms with van der Waals surface area (Å²) in [5.41, 5.74) is 0.753. The third-order valence-electron chi connectivity index (χ3n) is 5.02. The second kappa shape index (κ2) is 15.3. The van der Waals surface area contributed by atoms with Crippen LogP contribution in [0.3, 0.4) is 0 Å².